The fourth-order valence-corrected chi connectivity index (χ4v) is 4.32. The SMILES string of the molecule is Nc1ncnc2nc(-c3cncc(C4CNCC(Cl)O4)c3)cc(-c3cccc(Br)c3)c12. The van der Waals surface area contributed by atoms with E-state index in [4.69, 9.17) is 27.1 Å². The van der Waals surface area contributed by atoms with Crippen molar-refractivity contribution in [3.8, 4) is 22.4 Å². The minimum absolute atomic E-state index is 0.174. The zero-order valence-corrected chi connectivity index (χ0v) is 18.6. The molecule has 0 spiro atoms. The first kappa shape index (κ1) is 20.3. The van der Waals surface area contributed by atoms with Crippen LogP contribution in [0.5, 0.6) is 0 Å². The molecule has 9 heteroatoms. The van der Waals surface area contributed by atoms with E-state index in [0.717, 1.165) is 37.8 Å². The van der Waals surface area contributed by atoms with E-state index < -0.39 is 0 Å². The number of nitrogens with zero attached hydrogens (tertiary/aromatic N) is 4. The molecule has 1 aliphatic rings. The summed E-state index contributed by atoms with van der Waals surface area (Å²) in [6.45, 7) is 1.29. The largest absolute Gasteiger partial charge is 0.383 e. The summed E-state index contributed by atoms with van der Waals surface area (Å²) < 4.78 is 6.82. The van der Waals surface area contributed by atoms with E-state index in [1.165, 1.54) is 6.33 Å². The normalized spacial score (nSPS) is 18.9. The number of benzene rings is 1. The van der Waals surface area contributed by atoms with E-state index in [1.54, 1.807) is 12.4 Å². The molecule has 0 aliphatic carbocycles. The zero-order chi connectivity index (χ0) is 21.4. The molecule has 2 unspecified atom stereocenters. The number of nitrogen functional groups attached to an aromatic ring is 1. The lowest BCUT2D eigenvalue weighted by atomic mass is 9.99. The van der Waals surface area contributed by atoms with Gasteiger partial charge < -0.3 is 15.8 Å². The minimum atomic E-state index is -0.371. The van der Waals surface area contributed by atoms with Crippen molar-refractivity contribution in [1.29, 1.82) is 0 Å². The Hall–Kier alpha value is -2.65. The first-order valence-electron chi connectivity index (χ1n) is 9.71. The Labute approximate surface area is 192 Å². The van der Waals surface area contributed by atoms with Crippen molar-refractivity contribution >= 4 is 44.4 Å². The van der Waals surface area contributed by atoms with Crippen LogP contribution in [0.15, 0.2) is 59.6 Å². The quantitative estimate of drug-likeness (QED) is 0.407. The van der Waals surface area contributed by atoms with Gasteiger partial charge in [0, 0.05) is 41.1 Å². The molecule has 0 amide bonds. The predicted octanol–water partition coefficient (Wildman–Crippen LogP) is 4.32. The van der Waals surface area contributed by atoms with Crippen LogP contribution in [-0.4, -0.2) is 38.6 Å². The topological polar surface area (TPSA) is 98.8 Å². The summed E-state index contributed by atoms with van der Waals surface area (Å²) in [7, 11) is 0. The number of nitrogens with one attached hydrogen (secondary N) is 1. The molecule has 1 saturated heterocycles. The number of nitrogens with two attached hydrogens (primary N) is 1. The van der Waals surface area contributed by atoms with Gasteiger partial charge in [-0.2, -0.15) is 0 Å². The molecule has 3 aromatic heterocycles. The second-order valence-electron chi connectivity index (χ2n) is 7.22. The van der Waals surface area contributed by atoms with Gasteiger partial charge >= 0.3 is 0 Å². The molecule has 0 saturated carbocycles. The van der Waals surface area contributed by atoms with Gasteiger partial charge in [0.05, 0.1) is 17.2 Å². The minimum Gasteiger partial charge on any atom is -0.383 e. The fourth-order valence-electron chi connectivity index (χ4n) is 3.69. The smallest absolute Gasteiger partial charge is 0.165 e. The lowest BCUT2D eigenvalue weighted by Gasteiger charge is -2.27. The molecule has 1 aliphatic heterocycles. The molecule has 2 atom stereocenters. The summed E-state index contributed by atoms with van der Waals surface area (Å²) in [5.41, 5.74) is 10.8. The Bertz CT molecular complexity index is 1270. The number of alkyl halides is 1. The van der Waals surface area contributed by atoms with Crippen LogP contribution < -0.4 is 11.1 Å². The Morgan fingerprint density at radius 2 is 2.00 bits per heavy atom. The Morgan fingerprint density at radius 1 is 1.10 bits per heavy atom. The van der Waals surface area contributed by atoms with Crippen molar-refractivity contribution < 1.29 is 4.74 Å². The van der Waals surface area contributed by atoms with Gasteiger partial charge in [0.15, 0.2) is 5.65 Å². The third kappa shape index (κ3) is 4.12. The third-order valence-corrected chi connectivity index (χ3v) is 5.89. The molecule has 3 N–H and O–H groups in total. The lowest BCUT2D eigenvalue weighted by molar-refractivity contribution is 0.00348. The molecule has 1 fully saturated rings. The van der Waals surface area contributed by atoms with Crippen molar-refractivity contribution in [1.82, 2.24) is 25.3 Å². The maximum Gasteiger partial charge on any atom is 0.165 e. The highest BCUT2D eigenvalue weighted by Crippen LogP contribution is 2.35. The van der Waals surface area contributed by atoms with Crippen LogP contribution in [0.4, 0.5) is 5.82 Å². The molecule has 7 nitrogen and oxygen atoms in total. The Morgan fingerprint density at radius 3 is 2.84 bits per heavy atom. The molecule has 4 heterocycles. The molecule has 0 radical (unpaired) electrons. The van der Waals surface area contributed by atoms with Crippen molar-refractivity contribution in [2.75, 3.05) is 18.8 Å². The summed E-state index contributed by atoms with van der Waals surface area (Å²) in [5.74, 6) is 0.390. The first-order valence-corrected chi connectivity index (χ1v) is 10.9. The first-order chi connectivity index (χ1) is 15.1. The lowest BCUT2D eigenvalue weighted by Crippen LogP contribution is -2.37. The summed E-state index contributed by atoms with van der Waals surface area (Å²) in [4.78, 5) is 17.7. The van der Waals surface area contributed by atoms with E-state index in [-0.39, 0.29) is 11.7 Å². The van der Waals surface area contributed by atoms with Crippen LogP contribution in [0.3, 0.4) is 0 Å². The van der Waals surface area contributed by atoms with Gasteiger partial charge in [-0.1, -0.05) is 39.7 Å². The highest BCUT2D eigenvalue weighted by molar-refractivity contribution is 9.10. The second-order valence-corrected chi connectivity index (χ2v) is 8.63. The van der Waals surface area contributed by atoms with Crippen molar-refractivity contribution in [3.05, 3.63) is 65.2 Å². The van der Waals surface area contributed by atoms with Crippen LogP contribution in [0.2, 0.25) is 0 Å². The van der Waals surface area contributed by atoms with E-state index in [1.807, 2.05) is 36.4 Å². The van der Waals surface area contributed by atoms with Gasteiger partial charge in [-0.05, 0) is 35.4 Å². The van der Waals surface area contributed by atoms with Gasteiger partial charge in [0.25, 0.3) is 0 Å². The van der Waals surface area contributed by atoms with E-state index in [0.29, 0.717) is 24.6 Å². The maximum absolute atomic E-state index is 6.20. The summed E-state index contributed by atoms with van der Waals surface area (Å²) in [5, 5.41) is 3.99. The van der Waals surface area contributed by atoms with Gasteiger partial charge in [-0.3, -0.25) is 4.98 Å². The number of anilines is 1. The molecular formula is C22H18BrClN6O. The zero-order valence-electron chi connectivity index (χ0n) is 16.3. The van der Waals surface area contributed by atoms with E-state index in [9.17, 15) is 0 Å². The van der Waals surface area contributed by atoms with Crippen LogP contribution in [0.25, 0.3) is 33.4 Å². The number of rotatable bonds is 3. The predicted molar refractivity (Wildman–Crippen MR) is 124 cm³/mol. The highest BCUT2D eigenvalue weighted by Gasteiger charge is 2.23. The molecule has 31 heavy (non-hydrogen) atoms. The monoisotopic (exact) mass is 496 g/mol. The number of halogens is 2. The number of morpholine rings is 1. The van der Waals surface area contributed by atoms with Crippen molar-refractivity contribution in [2.24, 2.45) is 0 Å². The maximum atomic E-state index is 6.20. The highest BCUT2D eigenvalue weighted by atomic mass is 79.9. The van der Waals surface area contributed by atoms with Gasteiger partial charge in [-0.15, -0.1) is 0 Å². The molecule has 156 valence electrons. The Kier molecular flexibility index (Phi) is 5.54. The number of hydrogen-bond acceptors (Lipinski definition) is 7. The number of hydrogen-bond donors (Lipinski definition) is 2. The molecular weight excluding hydrogens is 480 g/mol. The Balaban J connectivity index is 1.65. The van der Waals surface area contributed by atoms with Gasteiger partial charge in [0.2, 0.25) is 0 Å². The van der Waals surface area contributed by atoms with Crippen LogP contribution in [0, 0.1) is 0 Å². The summed E-state index contributed by atoms with van der Waals surface area (Å²) in [6, 6.07) is 12.0. The third-order valence-electron chi connectivity index (χ3n) is 5.14. The fraction of sp³-hybridized carbons (Fsp3) is 0.182. The van der Waals surface area contributed by atoms with Crippen molar-refractivity contribution in [3.63, 3.8) is 0 Å². The molecule has 0 bridgehead atoms. The van der Waals surface area contributed by atoms with E-state index >= 15 is 0 Å². The molecule has 5 rings (SSSR count). The number of ether oxygens (including phenoxy) is 1. The number of pyridine rings is 2. The van der Waals surface area contributed by atoms with Crippen LogP contribution in [-0.2, 0) is 4.74 Å². The van der Waals surface area contributed by atoms with Crippen LogP contribution in [0.1, 0.15) is 11.7 Å². The standard InChI is InChI=1S/C22H18BrClN6O/c23-15-3-1-2-12(5-15)16-6-17(30-22-20(16)21(25)28-11-29-22)13-4-14(8-26-7-13)18-9-27-10-19(24)31-18/h1-8,11,18-19,27H,9-10H2,(H2,25,28,29,30). The van der Waals surface area contributed by atoms with Crippen molar-refractivity contribution in [2.45, 2.75) is 11.7 Å². The van der Waals surface area contributed by atoms with Gasteiger partial charge in [-0.25, -0.2) is 15.0 Å². The molecule has 1 aromatic carbocycles. The average Bonchev–Trinajstić information content (AvgIpc) is 2.79. The second kappa shape index (κ2) is 8.47. The summed E-state index contributed by atoms with van der Waals surface area (Å²) >= 11 is 9.70. The average molecular weight is 498 g/mol. The number of fused-ring (bicyclic) bond motifs is 1. The van der Waals surface area contributed by atoms with E-state index in [2.05, 4.69) is 36.2 Å². The summed E-state index contributed by atoms with van der Waals surface area (Å²) in [6.07, 6.45) is 4.82. The van der Waals surface area contributed by atoms with Crippen LogP contribution >= 0.6 is 27.5 Å². The number of aromatic nitrogens is 4. The van der Waals surface area contributed by atoms with Gasteiger partial charge in [0.1, 0.15) is 17.7 Å². The molecule has 4 aromatic rings.